The molecule has 0 aliphatic carbocycles. The fourth-order valence-electron chi connectivity index (χ4n) is 1.98. The van der Waals surface area contributed by atoms with Gasteiger partial charge in [0.15, 0.2) is 0 Å². The van der Waals surface area contributed by atoms with Crippen LogP contribution in [0.2, 0.25) is 5.02 Å². The van der Waals surface area contributed by atoms with Crippen molar-refractivity contribution in [2.24, 2.45) is 9.98 Å². The molecule has 0 atom stereocenters. The predicted octanol–water partition coefficient (Wildman–Crippen LogP) is -3.75. The molecule has 0 saturated heterocycles. The van der Waals surface area contributed by atoms with E-state index in [2.05, 4.69) is 15.0 Å². The number of hydrogen-bond donors (Lipinski definition) is 0. The van der Waals surface area contributed by atoms with E-state index in [0.717, 1.165) is 11.4 Å². The molecule has 1 heterocycles. The second-order valence-corrected chi connectivity index (χ2v) is 5.26. The van der Waals surface area contributed by atoms with Crippen molar-refractivity contribution in [2.75, 3.05) is 0 Å². The average molecular weight is 477 g/mol. The van der Waals surface area contributed by atoms with Gasteiger partial charge in [-0.3, -0.25) is 9.98 Å². The van der Waals surface area contributed by atoms with Gasteiger partial charge >= 0.3 is 0 Å². The molecule has 1 radical (unpaired) electrons. The van der Waals surface area contributed by atoms with E-state index in [1.54, 1.807) is 24.6 Å². The molecule has 0 N–H and O–H groups in total. The third kappa shape index (κ3) is 9.43. The topological polar surface area (TPSA) is 37.6 Å². The van der Waals surface area contributed by atoms with Gasteiger partial charge in [-0.2, -0.15) is 0 Å². The Kier molecular flexibility index (Phi) is 15.2. The van der Waals surface area contributed by atoms with Crippen molar-refractivity contribution < 1.29 is 55.8 Å². The number of aromatic nitrogens is 1. The van der Waals surface area contributed by atoms with Crippen LogP contribution in [0.1, 0.15) is 11.4 Å². The molecule has 3 nitrogen and oxygen atoms in total. The zero-order chi connectivity index (χ0) is 15.9. The first-order valence-electron chi connectivity index (χ1n) is 7.15. The maximum Gasteiger partial charge on any atom is 0.0835 e. The number of pyridine rings is 1. The molecule has 3 rings (SSSR count). The number of para-hydroxylation sites is 2. The Morgan fingerprint density at radius 2 is 1.04 bits per heavy atom. The Labute approximate surface area is 194 Å². The molecule has 141 valence electrons. The molecule has 0 unspecified atom stereocenters. The van der Waals surface area contributed by atoms with Gasteiger partial charge in [-0.15, -0.1) is 0 Å². The Bertz CT molecular complexity index is 776. The summed E-state index contributed by atoms with van der Waals surface area (Å²) in [6, 6.07) is 22.9. The summed E-state index contributed by atoms with van der Waals surface area (Å²) in [4.78, 5) is 13.3. The summed E-state index contributed by atoms with van der Waals surface area (Å²) in [6.07, 6.45) is 3.39. The van der Waals surface area contributed by atoms with Crippen LogP contribution < -0.4 is 37.2 Å². The summed E-state index contributed by atoms with van der Waals surface area (Å²) >= 11 is 6.15. The second-order valence-electron chi connectivity index (χ2n) is 4.82. The van der Waals surface area contributed by atoms with Crippen molar-refractivity contribution >= 4 is 35.4 Å². The van der Waals surface area contributed by atoms with E-state index >= 15 is 0 Å². The quantitative estimate of drug-likeness (QED) is 0.356. The van der Waals surface area contributed by atoms with Crippen molar-refractivity contribution in [1.82, 2.24) is 4.98 Å². The summed E-state index contributed by atoms with van der Waals surface area (Å²) in [5.41, 5.74) is 3.12. The van der Waals surface area contributed by atoms with Gasteiger partial charge in [-0.05, 0) is 36.4 Å². The Morgan fingerprint density at radius 3 is 1.41 bits per heavy atom. The molecule has 0 amide bonds. The molecule has 0 spiro atoms. The zero-order valence-electron chi connectivity index (χ0n) is 13.9. The molecular weight excluding hydrogens is 463 g/mol. The van der Waals surface area contributed by atoms with Crippen molar-refractivity contribution in [2.45, 2.75) is 0 Å². The molecule has 8 heteroatoms. The van der Waals surface area contributed by atoms with Crippen LogP contribution in [0.4, 0.5) is 11.4 Å². The maximum absolute atomic E-state index is 6.15. The van der Waals surface area contributed by atoms with Crippen LogP contribution in [0.15, 0.2) is 82.8 Å². The molecule has 3 aromatic rings. The molecular formula is C19H14Cl4N3V-3. The van der Waals surface area contributed by atoms with Crippen molar-refractivity contribution in [3.8, 4) is 0 Å². The standard InChI is InChI=1S/C19H14ClN3.3ClH.V/c20-15-11-18(13-21-16-7-3-1-4-8-16)23-19(12-15)14-22-17-9-5-2-6-10-17;;;;/h1-14H;3*1H;/p-3. The van der Waals surface area contributed by atoms with Crippen LogP contribution in [0.25, 0.3) is 0 Å². The maximum atomic E-state index is 6.15. The van der Waals surface area contributed by atoms with Crippen molar-refractivity contribution in [3.05, 3.63) is 89.2 Å². The van der Waals surface area contributed by atoms with Crippen LogP contribution in [0.5, 0.6) is 0 Å². The van der Waals surface area contributed by atoms with Gasteiger partial charge in [-0.1, -0.05) is 48.0 Å². The minimum Gasteiger partial charge on any atom is -1.00 e. The van der Waals surface area contributed by atoms with E-state index in [-0.39, 0.29) is 55.8 Å². The van der Waals surface area contributed by atoms with Gasteiger partial charge in [-0.25, -0.2) is 4.98 Å². The van der Waals surface area contributed by atoms with E-state index in [1.807, 2.05) is 60.7 Å². The van der Waals surface area contributed by atoms with Crippen LogP contribution >= 0.6 is 11.6 Å². The first-order chi connectivity index (χ1) is 11.3. The Hall–Kier alpha value is -1.33. The second kappa shape index (κ2) is 14.7. The SMILES string of the molecule is Clc1cc(C=Nc2ccccc2)nc(C=Nc2ccccc2)c1.[Cl-].[Cl-].[Cl-].[V]. The molecule has 0 aliphatic rings. The molecule has 0 bridgehead atoms. The number of aliphatic imine (C=N–C) groups is 2. The number of rotatable bonds is 4. The molecule has 0 saturated carbocycles. The molecule has 0 fully saturated rings. The van der Waals surface area contributed by atoms with Gasteiger partial charge in [0.25, 0.3) is 0 Å². The molecule has 2 aromatic carbocycles. The third-order valence-corrected chi connectivity index (χ3v) is 3.25. The smallest absolute Gasteiger partial charge is 0.0835 e. The normalized spacial score (nSPS) is 9.67. The van der Waals surface area contributed by atoms with Crippen molar-refractivity contribution in [3.63, 3.8) is 0 Å². The minimum absolute atomic E-state index is 0. The minimum atomic E-state index is 0. The van der Waals surface area contributed by atoms with E-state index < -0.39 is 0 Å². The largest absolute Gasteiger partial charge is 1.00 e. The fourth-order valence-corrected chi connectivity index (χ4v) is 2.20. The van der Waals surface area contributed by atoms with E-state index in [9.17, 15) is 0 Å². The molecule has 27 heavy (non-hydrogen) atoms. The van der Waals surface area contributed by atoms with Gasteiger partial charge in [0.1, 0.15) is 0 Å². The Morgan fingerprint density at radius 1 is 0.667 bits per heavy atom. The zero-order valence-corrected chi connectivity index (χ0v) is 18.3. The summed E-state index contributed by atoms with van der Waals surface area (Å²) in [5.74, 6) is 0. The third-order valence-electron chi connectivity index (χ3n) is 3.03. The van der Waals surface area contributed by atoms with E-state index in [4.69, 9.17) is 11.6 Å². The molecule has 1 aromatic heterocycles. The van der Waals surface area contributed by atoms with Crippen LogP contribution in [-0.2, 0) is 18.6 Å². The summed E-state index contributed by atoms with van der Waals surface area (Å²) in [5, 5.41) is 0.601. The summed E-state index contributed by atoms with van der Waals surface area (Å²) in [6.45, 7) is 0. The average Bonchev–Trinajstić information content (AvgIpc) is 2.60. The number of halogens is 4. The Balaban J connectivity index is 0. The number of nitrogens with zero attached hydrogens (tertiary/aromatic N) is 3. The number of hydrogen-bond acceptors (Lipinski definition) is 3. The first-order valence-corrected chi connectivity index (χ1v) is 7.53. The van der Waals surface area contributed by atoms with Crippen molar-refractivity contribution in [1.29, 1.82) is 0 Å². The number of benzene rings is 2. The van der Waals surface area contributed by atoms with Crippen LogP contribution in [0.3, 0.4) is 0 Å². The van der Waals surface area contributed by atoms with Crippen LogP contribution in [0, 0.1) is 0 Å². The summed E-state index contributed by atoms with van der Waals surface area (Å²) in [7, 11) is 0. The fraction of sp³-hybridized carbons (Fsp3) is 0. The van der Waals surface area contributed by atoms with Gasteiger partial charge < -0.3 is 37.2 Å². The predicted molar refractivity (Wildman–Crippen MR) is 96.6 cm³/mol. The summed E-state index contributed by atoms with van der Waals surface area (Å²) < 4.78 is 0. The van der Waals surface area contributed by atoms with Gasteiger partial charge in [0.2, 0.25) is 0 Å². The monoisotopic (exact) mass is 475 g/mol. The van der Waals surface area contributed by atoms with E-state index in [0.29, 0.717) is 16.4 Å². The first kappa shape index (κ1) is 27.9. The van der Waals surface area contributed by atoms with Crippen LogP contribution in [-0.4, -0.2) is 17.4 Å². The van der Waals surface area contributed by atoms with E-state index in [1.165, 1.54) is 0 Å². The van der Waals surface area contributed by atoms with Gasteiger partial charge in [0, 0.05) is 23.6 Å². The van der Waals surface area contributed by atoms with Gasteiger partial charge in [0.05, 0.1) is 35.2 Å². The molecule has 0 aliphatic heterocycles.